The van der Waals surface area contributed by atoms with E-state index in [0.29, 0.717) is 0 Å². The van der Waals surface area contributed by atoms with E-state index in [1.807, 2.05) is 24.3 Å². The second kappa shape index (κ2) is 5.05. The lowest BCUT2D eigenvalue weighted by molar-refractivity contribution is -0.666. The van der Waals surface area contributed by atoms with Gasteiger partial charge in [0.05, 0.1) is 5.39 Å². The lowest BCUT2D eigenvalue weighted by Gasteiger charge is -2.05. The molecule has 2 aromatic carbocycles. The summed E-state index contributed by atoms with van der Waals surface area (Å²) >= 11 is 0. The fourth-order valence-electron chi connectivity index (χ4n) is 2.45. The Morgan fingerprint density at radius 2 is 1.58 bits per heavy atom. The molecule has 0 bridgehead atoms. The first kappa shape index (κ1) is 13.6. The van der Waals surface area contributed by atoms with E-state index in [1.165, 1.54) is 10.8 Å². The molecule has 0 atom stereocenters. The van der Waals surface area contributed by atoms with Crippen LogP contribution in [0.5, 0.6) is 0 Å². The van der Waals surface area contributed by atoms with Crippen molar-refractivity contribution in [3.05, 3.63) is 42.6 Å². The average Bonchev–Trinajstić information content (AvgIpc) is 2.37. The van der Waals surface area contributed by atoms with Crippen molar-refractivity contribution in [1.82, 2.24) is 0 Å². The zero-order chi connectivity index (χ0) is 12.7. The number of anilines is 2. The van der Waals surface area contributed by atoms with Gasteiger partial charge in [-0.3, -0.25) is 0 Å². The Hall–Kier alpha value is -1.81. The molecule has 0 saturated carbocycles. The summed E-state index contributed by atoms with van der Waals surface area (Å²) in [4.78, 5) is 0. The Morgan fingerprint density at radius 1 is 0.947 bits per heavy atom. The highest BCUT2D eigenvalue weighted by atomic mass is 79.9. The van der Waals surface area contributed by atoms with Crippen molar-refractivity contribution in [3.63, 3.8) is 0 Å². The van der Waals surface area contributed by atoms with Crippen LogP contribution in [0.1, 0.15) is 6.92 Å². The van der Waals surface area contributed by atoms with Crippen LogP contribution in [0, 0.1) is 0 Å². The minimum Gasteiger partial charge on any atom is -1.00 e. The fraction of sp³-hybridized carbons (Fsp3) is 0.133. The third-order valence-electron chi connectivity index (χ3n) is 3.33. The number of nitrogen functional groups attached to an aromatic ring is 2. The lowest BCUT2D eigenvalue weighted by Crippen LogP contribution is -3.00. The van der Waals surface area contributed by atoms with Crippen molar-refractivity contribution in [2.24, 2.45) is 0 Å². The molecule has 0 saturated heterocycles. The number of nitrogens with zero attached hydrogens (tertiary/aromatic N) is 1. The quantitative estimate of drug-likeness (QED) is 0.360. The third-order valence-corrected chi connectivity index (χ3v) is 3.33. The Labute approximate surface area is 122 Å². The summed E-state index contributed by atoms with van der Waals surface area (Å²) in [6, 6.07) is 12.1. The minimum absolute atomic E-state index is 0. The van der Waals surface area contributed by atoms with Gasteiger partial charge in [0.15, 0.2) is 6.20 Å². The van der Waals surface area contributed by atoms with Gasteiger partial charge < -0.3 is 28.4 Å². The molecule has 4 heteroatoms. The number of aryl methyl sites for hydroxylation is 1. The first-order valence-electron chi connectivity index (χ1n) is 6.10. The standard InChI is InChI=1S/C15H15N3.BrH/c1-2-18-9-10-7-11(16)3-5-13(10)14-6-4-12(17)8-15(14)18;/h3-9,17H,2,16H2,1H3;1H. The van der Waals surface area contributed by atoms with Crippen molar-refractivity contribution in [3.8, 4) is 0 Å². The number of benzene rings is 2. The van der Waals surface area contributed by atoms with E-state index in [0.717, 1.165) is 28.8 Å². The van der Waals surface area contributed by atoms with E-state index in [4.69, 9.17) is 11.5 Å². The number of halogens is 1. The van der Waals surface area contributed by atoms with E-state index in [-0.39, 0.29) is 17.0 Å². The van der Waals surface area contributed by atoms with Gasteiger partial charge in [-0.1, -0.05) is 6.07 Å². The fourth-order valence-corrected chi connectivity index (χ4v) is 2.45. The van der Waals surface area contributed by atoms with Crippen LogP contribution in [0.15, 0.2) is 42.6 Å². The van der Waals surface area contributed by atoms with E-state index in [2.05, 4.69) is 29.8 Å². The molecule has 3 nitrogen and oxygen atoms in total. The van der Waals surface area contributed by atoms with E-state index in [9.17, 15) is 0 Å². The number of nitrogens with two attached hydrogens (primary N) is 2. The van der Waals surface area contributed by atoms with Gasteiger partial charge in [0.25, 0.3) is 0 Å². The minimum atomic E-state index is 0. The zero-order valence-electron chi connectivity index (χ0n) is 10.7. The Bertz CT molecular complexity index is 753. The van der Waals surface area contributed by atoms with Crippen LogP contribution < -0.4 is 33.0 Å². The van der Waals surface area contributed by atoms with Crippen LogP contribution in [0.3, 0.4) is 0 Å². The van der Waals surface area contributed by atoms with Gasteiger partial charge in [0, 0.05) is 28.2 Å². The third kappa shape index (κ3) is 2.24. The number of pyridine rings is 1. The smallest absolute Gasteiger partial charge is 0.215 e. The monoisotopic (exact) mass is 317 g/mol. The number of aromatic nitrogens is 1. The predicted octanol–water partition coefficient (Wildman–Crippen LogP) is -0.531. The highest BCUT2D eigenvalue weighted by molar-refractivity contribution is 6.05. The first-order valence-corrected chi connectivity index (χ1v) is 6.10. The van der Waals surface area contributed by atoms with Gasteiger partial charge >= 0.3 is 0 Å². The molecule has 0 fully saturated rings. The summed E-state index contributed by atoms with van der Waals surface area (Å²) in [5.74, 6) is 0. The van der Waals surface area contributed by atoms with Gasteiger partial charge in [0.2, 0.25) is 5.52 Å². The normalized spacial score (nSPS) is 10.6. The van der Waals surface area contributed by atoms with Crippen LogP contribution in [0.4, 0.5) is 11.4 Å². The molecule has 1 heterocycles. The van der Waals surface area contributed by atoms with Crippen LogP contribution >= 0.6 is 0 Å². The van der Waals surface area contributed by atoms with Gasteiger partial charge in [-0.05, 0) is 31.2 Å². The largest absolute Gasteiger partial charge is 1.00 e. The van der Waals surface area contributed by atoms with Crippen molar-refractivity contribution < 1.29 is 21.5 Å². The molecule has 98 valence electrons. The van der Waals surface area contributed by atoms with Crippen LogP contribution in [-0.4, -0.2) is 0 Å². The van der Waals surface area contributed by atoms with Gasteiger partial charge in [0.1, 0.15) is 6.54 Å². The summed E-state index contributed by atoms with van der Waals surface area (Å²) in [7, 11) is 0. The number of hydrogen-bond acceptors (Lipinski definition) is 2. The van der Waals surface area contributed by atoms with Gasteiger partial charge in [-0.2, -0.15) is 4.57 Å². The Kier molecular flexibility index (Phi) is 3.62. The molecular formula is C15H16BrN3. The molecule has 4 N–H and O–H groups in total. The first-order chi connectivity index (χ1) is 8.69. The number of hydrogen-bond donors (Lipinski definition) is 2. The highest BCUT2D eigenvalue weighted by Crippen LogP contribution is 2.25. The van der Waals surface area contributed by atoms with Crippen molar-refractivity contribution >= 4 is 33.1 Å². The van der Waals surface area contributed by atoms with E-state index < -0.39 is 0 Å². The highest BCUT2D eigenvalue weighted by Gasteiger charge is 2.12. The molecule has 1 aromatic heterocycles. The second-order valence-corrected chi connectivity index (χ2v) is 4.54. The van der Waals surface area contributed by atoms with Crippen molar-refractivity contribution in [2.45, 2.75) is 13.5 Å². The van der Waals surface area contributed by atoms with Crippen molar-refractivity contribution in [2.75, 3.05) is 11.5 Å². The van der Waals surface area contributed by atoms with Crippen LogP contribution in [-0.2, 0) is 6.54 Å². The van der Waals surface area contributed by atoms with Gasteiger partial charge in [-0.15, -0.1) is 0 Å². The summed E-state index contributed by atoms with van der Waals surface area (Å²) < 4.78 is 2.20. The van der Waals surface area contributed by atoms with E-state index >= 15 is 0 Å². The molecule has 0 aliphatic heterocycles. The van der Waals surface area contributed by atoms with Gasteiger partial charge in [-0.25, -0.2) is 0 Å². The molecular weight excluding hydrogens is 302 g/mol. The van der Waals surface area contributed by atoms with Crippen LogP contribution in [0.2, 0.25) is 0 Å². The maximum absolute atomic E-state index is 5.88. The second-order valence-electron chi connectivity index (χ2n) is 4.54. The maximum atomic E-state index is 5.88. The lowest BCUT2D eigenvalue weighted by atomic mass is 10.1. The molecule has 0 unspecified atom stereocenters. The summed E-state index contributed by atoms with van der Waals surface area (Å²) in [6.45, 7) is 3.03. The number of rotatable bonds is 1. The Morgan fingerprint density at radius 3 is 2.26 bits per heavy atom. The predicted molar refractivity (Wildman–Crippen MR) is 76.1 cm³/mol. The van der Waals surface area contributed by atoms with E-state index in [1.54, 1.807) is 0 Å². The average molecular weight is 318 g/mol. The summed E-state index contributed by atoms with van der Waals surface area (Å²) in [5, 5.41) is 3.58. The maximum Gasteiger partial charge on any atom is 0.215 e. The van der Waals surface area contributed by atoms with Crippen molar-refractivity contribution in [1.29, 1.82) is 0 Å². The SMILES string of the molecule is CC[n+]1cc2cc(N)ccc2c2ccc(N)cc21.[Br-]. The molecule has 3 aromatic rings. The summed E-state index contributed by atoms with van der Waals surface area (Å²) in [6.07, 6.45) is 2.13. The molecule has 19 heavy (non-hydrogen) atoms. The topological polar surface area (TPSA) is 55.9 Å². The molecule has 0 aliphatic carbocycles. The van der Waals surface area contributed by atoms with Crippen LogP contribution in [0.25, 0.3) is 21.7 Å². The summed E-state index contributed by atoms with van der Waals surface area (Å²) in [5.41, 5.74) is 14.5. The molecule has 3 rings (SSSR count). The molecule has 0 spiro atoms. The molecule has 0 radical (unpaired) electrons. The molecule has 0 aliphatic rings. The number of fused-ring (bicyclic) bond motifs is 3. The zero-order valence-corrected chi connectivity index (χ0v) is 12.3. The molecule has 0 amide bonds. The Balaban J connectivity index is 0.00000133.